The second kappa shape index (κ2) is 8.06. The van der Waals surface area contributed by atoms with E-state index in [0.29, 0.717) is 34.5 Å². The molecule has 0 aliphatic carbocycles. The Morgan fingerprint density at radius 3 is 2.54 bits per heavy atom. The third kappa shape index (κ3) is 3.94. The van der Waals surface area contributed by atoms with E-state index in [2.05, 4.69) is 16.0 Å². The Bertz CT molecular complexity index is 1020. The minimum absolute atomic E-state index is 0.174. The van der Waals surface area contributed by atoms with E-state index in [1.54, 1.807) is 37.3 Å². The molecule has 0 spiro atoms. The molecule has 8 heteroatoms. The average Bonchev–Trinajstić information content (AvgIpc) is 2.66. The number of hydrogen-bond acceptors (Lipinski definition) is 4. The van der Waals surface area contributed by atoms with Crippen molar-refractivity contribution in [2.45, 2.75) is 13.0 Å². The maximum absolute atomic E-state index is 12.9. The van der Waals surface area contributed by atoms with E-state index in [4.69, 9.17) is 11.6 Å². The number of aldehydes is 2. The first-order chi connectivity index (χ1) is 13.4. The third-order valence-electron chi connectivity index (χ3n) is 4.29. The highest BCUT2D eigenvalue weighted by molar-refractivity contribution is 6.31. The molecule has 0 fully saturated rings. The number of carbonyl (C=O) groups excluding carboxylic acids is 4. The van der Waals surface area contributed by atoms with Gasteiger partial charge < -0.3 is 16.0 Å². The summed E-state index contributed by atoms with van der Waals surface area (Å²) in [7, 11) is 0. The van der Waals surface area contributed by atoms with Crippen LogP contribution in [-0.4, -0.2) is 24.5 Å². The summed E-state index contributed by atoms with van der Waals surface area (Å²) >= 11 is 5.95. The van der Waals surface area contributed by atoms with Gasteiger partial charge in [0.05, 0.1) is 11.6 Å². The first kappa shape index (κ1) is 19.3. The van der Waals surface area contributed by atoms with Crippen molar-refractivity contribution in [1.29, 1.82) is 0 Å². The third-order valence-corrected chi connectivity index (χ3v) is 4.53. The molecule has 0 bridgehead atoms. The molecule has 1 aliphatic heterocycles. The number of benzene rings is 2. The van der Waals surface area contributed by atoms with Gasteiger partial charge in [-0.1, -0.05) is 29.8 Å². The molecule has 0 aromatic heterocycles. The van der Waals surface area contributed by atoms with Gasteiger partial charge in [0.15, 0.2) is 12.6 Å². The molecule has 0 radical (unpaired) electrons. The van der Waals surface area contributed by atoms with Crippen molar-refractivity contribution in [3.05, 3.63) is 75.4 Å². The van der Waals surface area contributed by atoms with Crippen molar-refractivity contribution in [3.63, 3.8) is 0 Å². The predicted molar refractivity (Wildman–Crippen MR) is 104 cm³/mol. The quantitative estimate of drug-likeness (QED) is 0.673. The highest BCUT2D eigenvalue weighted by Gasteiger charge is 2.31. The van der Waals surface area contributed by atoms with Gasteiger partial charge in [0.2, 0.25) is 0 Å². The second-order valence-electron chi connectivity index (χ2n) is 6.16. The van der Waals surface area contributed by atoms with Gasteiger partial charge in [0, 0.05) is 27.5 Å². The molecule has 3 N–H and O–H groups in total. The monoisotopic (exact) mass is 397 g/mol. The van der Waals surface area contributed by atoms with E-state index < -0.39 is 18.0 Å². The van der Waals surface area contributed by atoms with Crippen molar-refractivity contribution in [2.75, 3.05) is 5.32 Å². The van der Waals surface area contributed by atoms with Crippen LogP contribution in [0.15, 0.2) is 53.7 Å². The Labute approximate surface area is 165 Å². The highest BCUT2D eigenvalue weighted by atomic mass is 35.5. The smallest absolute Gasteiger partial charge is 0.319 e. The van der Waals surface area contributed by atoms with Gasteiger partial charge in [-0.2, -0.15) is 0 Å². The summed E-state index contributed by atoms with van der Waals surface area (Å²) in [5, 5.41) is 8.47. The van der Waals surface area contributed by atoms with E-state index >= 15 is 0 Å². The fourth-order valence-corrected chi connectivity index (χ4v) is 3.18. The number of hydrogen-bond donors (Lipinski definition) is 3. The number of halogens is 1. The predicted octanol–water partition coefficient (Wildman–Crippen LogP) is 3.23. The Hall–Kier alpha value is -3.45. The van der Waals surface area contributed by atoms with E-state index in [9.17, 15) is 19.2 Å². The van der Waals surface area contributed by atoms with Gasteiger partial charge in [0.25, 0.3) is 5.91 Å². The molecule has 2 aromatic rings. The molecular weight excluding hydrogens is 382 g/mol. The lowest BCUT2D eigenvalue weighted by Crippen LogP contribution is -2.46. The first-order valence-electron chi connectivity index (χ1n) is 8.32. The Morgan fingerprint density at radius 1 is 1.11 bits per heavy atom. The highest BCUT2D eigenvalue weighted by Crippen LogP contribution is 2.29. The molecule has 0 saturated heterocycles. The number of rotatable bonds is 5. The van der Waals surface area contributed by atoms with E-state index in [-0.39, 0.29) is 16.7 Å². The lowest BCUT2D eigenvalue weighted by Gasteiger charge is -2.29. The Balaban J connectivity index is 2.00. The SMILES string of the molecule is CC1=C(C(=O)Nc2cccc(Cl)c2)C(c2ccc(C=O)c(C=O)c2)NC(=O)N1. The summed E-state index contributed by atoms with van der Waals surface area (Å²) in [5.74, 6) is -0.440. The van der Waals surface area contributed by atoms with Gasteiger partial charge in [-0.3, -0.25) is 14.4 Å². The summed E-state index contributed by atoms with van der Waals surface area (Å²) in [5.41, 5.74) is 2.05. The number of amides is 3. The molecule has 1 atom stereocenters. The molecule has 1 aliphatic rings. The van der Waals surface area contributed by atoms with Crippen molar-refractivity contribution in [2.24, 2.45) is 0 Å². The number of nitrogens with one attached hydrogen (secondary N) is 3. The van der Waals surface area contributed by atoms with E-state index in [1.165, 1.54) is 12.1 Å². The van der Waals surface area contributed by atoms with Gasteiger partial charge in [-0.15, -0.1) is 0 Å². The molecular formula is C20H16ClN3O4. The maximum Gasteiger partial charge on any atom is 0.319 e. The van der Waals surface area contributed by atoms with Gasteiger partial charge in [-0.05, 0) is 36.8 Å². The standard InChI is InChI=1S/C20H16ClN3O4/c1-11-17(19(27)23-16-4-2-3-15(21)8-16)18(24-20(28)22-11)12-5-6-13(9-25)14(7-12)10-26/h2-10,18H,1H3,(H,23,27)(H2,22,24,28). The maximum atomic E-state index is 12.9. The molecule has 28 heavy (non-hydrogen) atoms. The van der Waals surface area contributed by atoms with Crippen LogP contribution < -0.4 is 16.0 Å². The molecule has 142 valence electrons. The van der Waals surface area contributed by atoms with Crippen LogP contribution in [0.2, 0.25) is 5.02 Å². The number of allylic oxidation sites excluding steroid dienone is 1. The minimum atomic E-state index is -0.799. The van der Waals surface area contributed by atoms with Crippen molar-refractivity contribution < 1.29 is 19.2 Å². The summed E-state index contributed by atoms with van der Waals surface area (Å²) < 4.78 is 0. The van der Waals surface area contributed by atoms with Crippen molar-refractivity contribution in [1.82, 2.24) is 10.6 Å². The summed E-state index contributed by atoms with van der Waals surface area (Å²) in [4.78, 5) is 47.2. The fourth-order valence-electron chi connectivity index (χ4n) is 2.99. The molecule has 3 rings (SSSR count). The Morgan fingerprint density at radius 2 is 1.86 bits per heavy atom. The van der Waals surface area contributed by atoms with Crippen LogP contribution in [-0.2, 0) is 4.79 Å². The zero-order valence-electron chi connectivity index (χ0n) is 14.8. The molecule has 0 saturated carbocycles. The normalized spacial score (nSPS) is 16.1. The van der Waals surface area contributed by atoms with Crippen molar-refractivity contribution in [3.8, 4) is 0 Å². The Kier molecular flexibility index (Phi) is 5.56. The number of anilines is 1. The van der Waals surface area contributed by atoms with Gasteiger partial charge in [-0.25, -0.2) is 4.79 Å². The molecule has 3 amide bonds. The van der Waals surface area contributed by atoms with Crippen LogP contribution in [0, 0.1) is 0 Å². The van der Waals surface area contributed by atoms with Crippen molar-refractivity contribution >= 4 is 41.8 Å². The van der Waals surface area contributed by atoms with Crippen LogP contribution in [0.25, 0.3) is 0 Å². The number of carbonyl (C=O) groups is 4. The second-order valence-corrected chi connectivity index (χ2v) is 6.60. The summed E-state index contributed by atoms with van der Waals surface area (Å²) in [6.45, 7) is 1.61. The van der Waals surface area contributed by atoms with Crippen LogP contribution in [0.5, 0.6) is 0 Å². The average molecular weight is 398 g/mol. The molecule has 1 heterocycles. The lowest BCUT2D eigenvalue weighted by molar-refractivity contribution is -0.113. The number of urea groups is 1. The minimum Gasteiger partial charge on any atom is -0.327 e. The first-order valence-corrected chi connectivity index (χ1v) is 8.70. The van der Waals surface area contributed by atoms with E-state index in [0.717, 1.165) is 0 Å². The largest absolute Gasteiger partial charge is 0.327 e. The lowest BCUT2D eigenvalue weighted by atomic mass is 9.92. The van der Waals surface area contributed by atoms with Gasteiger partial charge in [0.1, 0.15) is 0 Å². The molecule has 2 aromatic carbocycles. The zero-order valence-corrected chi connectivity index (χ0v) is 15.5. The van der Waals surface area contributed by atoms with Gasteiger partial charge >= 0.3 is 6.03 Å². The topological polar surface area (TPSA) is 104 Å². The molecule has 7 nitrogen and oxygen atoms in total. The zero-order chi connectivity index (χ0) is 20.3. The summed E-state index contributed by atoms with van der Waals surface area (Å²) in [6, 6.07) is 9.94. The van der Waals surface area contributed by atoms with Crippen LogP contribution in [0.1, 0.15) is 39.2 Å². The fraction of sp³-hybridized carbons (Fsp3) is 0.100. The summed E-state index contributed by atoms with van der Waals surface area (Å²) in [6.07, 6.45) is 1.13. The van der Waals surface area contributed by atoms with Crippen LogP contribution >= 0.6 is 11.6 Å². The van der Waals surface area contributed by atoms with Crippen LogP contribution in [0.4, 0.5) is 10.5 Å². The van der Waals surface area contributed by atoms with E-state index in [1.807, 2.05) is 0 Å². The molecule has 1 unspecified atom stereocenters. The van der Waals surface area contributed by atoms with Crippen LogP contribution in [0.3, 0.4) is 0 Å².